The first-order valence-electron chi connectivity index (χ1n) is 5.06. The summed E-state index contributed by atoms with van der Waals surface area (Å²) in [4.78, 5) is 4.04. The number of nitrogens with zero attached hydrogens (tertiary/aromatic N) is 2. The molecular weight excluding hydrogens is 220 g/mol. The summed E-state index contributed by atoms with van der Waals surface area (Å²) < 4.78 is 0. The van der Waals surface area contributed by atoms with Gasteiger partial charge in [-0.3, -0.25) is 5.10 Å². The van der Waals surface area contributed by atoms with E-state index in [0.29, 0.717) is 0 Å². The van der Waals surface area contributed by atoms with Crippen LogP contribution in [0.2, 0.25) is 0 Å². The number of aromatic nitrogens is 3. The highest BCUT2D eigenvalue weighted by Gasteiger charge is 2.07. The van der Waals surface area contributed by atoms with Gasteiger partial charge in [-0.05, 0) is 12.5 Å². The van der Waals surface area contributed by atoms with E-state index >= 15 is 0 Å². The van der Waals surface area contributed by atoms with Crippen LogP contribution in [0.3, 0.4) is 0 Å². The summed E-state index contributed by atoms with van der Waals surface area (Å²) in [6, 6.07) is 8.32. The zero-order valence-electron chi connectivity index (χ0n) is 9.05. The Kier molecular flexibility index (Phi) is 3.58. The van der Waals surface area contributed by atoms with E-state index in [1.165, 1.54) is 11.9 Å². The highest BCUT2D eigenvalue weighted by atomic mass is 32.2. The van der Waals surface area contributed by atoms with Crippen molar-refractivity contribution in [1.29, 1.82) is 0 Å². The van der Waals surface area contributed by atoms with Crippen LogP contribution >= 0.6 is 11.8 Å². The number of nitrogens with one attached hydrogen (secondary N) is 1. The van der Waals surface area contributed by atoms with Crippen molar-refractivity contribution in [2.75, 3.05) is 5.75 Å². The molecule has 0 aliphatic heterocycles. The molecule has 0 aliphatic carbocycles. The second-order valence-electron chi connectivity index (χ2n) is 3.62. The molecular formula is C11H14N4S. The summed E-state index contributed by atoms with van der Waals surface area (Å²) in [5.74, 6) is 0.790. The summed E-state index contributed by atoms with van der Waals surface area (Å²) in [7, 11) is 0. The molecule has 1 aromatic carbocycles. The molecule has 2 aromatic rings. The standard InChI is InChI=1S/C11H14N4S/c1-8-2-4-9(5-3-8)10(12)6-16-11-13-7-14-15-11/h2-5,7,10H,6,12H2,1H3,(H,13,14,15). The highest BCUT2D eigenvalue weighted by molar-refractivity contribution is 7.99. The Labute approximate surface area is 98.7 Å². The van der Waals surface area contributed by atoms with Gasteiger partial charge in [-0.25, -0.2) is 4.98 Å². The van der Waals surface area contributed by atoms with Gasteiger partial charge < -0.3 is 5.73 Å². The van der Waals surface area contributed by atoms with Crippen molar-refractivity contribution < 1.29 is 0 Å². The van der Waals surface area contributed by atoms with E-state index in [0.717, 1.165) is 16.5 Å². The lowest BCUT2D eigenvalue weighted by Crippen LogP contribution is -2.12. The minimum absolute atomic E-state index is 0.0238. The van der Waals surface area contributed by atoms with Crippen LogP contribution in [-0.4, -0.2) is 20.9 Å². The first kappa shape index (κ1) is 11.2. The molecule has 0 saturated carbocycles. The van der Waals surface area contributed by atoms with Crippen LogP contribution in [0.25, 0.3) is 0 Å². The fraction of sp³-hybridized carbons (Fsp3) is 0.273. The minimum atomic E-state index is 0.0238. The topological polar surface area (TPSA) is 67.6 Å². The number of aryl methyl sites for hydroxylation is 1. The minimum Gasteiger partial charge on any atom is -0.323 e. The van der Waals surface area contributed by atoms with Gasteiger partial charge in [0.15, 0.2) is 5.16 Å². The zero-order valence-corrected chi connectivity index (χ0v) is 9.87. The molecule has 0 amide bonds. The van der Waals surface area contributed by atoms with E-state index < -0.39 is 0 Å². The van der Waals surface area contributed by atoms with E-state index in [4.69, 9.17) is 5.73 Å². The number of hydrogen-bond acceptors (Lipinski definition) is 4. The van der Waals surface area contributed by atoms with Crippen LogP contribution in [0.15, 0.2) is 35.7 Å². The lowest BCUT2D eigenvalue weighted by atomic mass is 10.1. The van der Waals surface area contributed by atoms with Gasteiger partial charge in [0.1, 0.15) is 6.33 Å². The number of rotatable bonds is 4. The van der Waals surface area contributed by atoms with E-state index in [2.05, 4.69) is 46.4 Å². The molecule has 1 heterocycles. The second kappa shape index (κ2) is 5.14. The van der Waals surface area contributed by atoms with Gasteiger partial charge in [0.25, 0.3) is 0 Å². The van der Waals surface area contributed by atoms with Crippen molar-refractivity contribution in [3.05, 3.63) is 41.7 Å². The van der Waals surface area contributed by atoms with Crippen LogP contribution in [-0.2, 0) is 0 Å². The van der Waals surface area contributed by atoms with Gasteiger partial charge in [-0.2, -0.15) is 5.10 Å². The van der Waals surface area contributed by atoms with Crippen LogP contribution < -0.4 is 5.73 Å². The molecule has 1 unspecified atom stereocenters. The van der Waals surface area contributed by atoms with Crippen molar-refractivity contribution in [2.24, 2.45) is 5.73 Å². The summed E-state index contributed by atoms with van der Waals surface area (Å²) in [5.41, 5.74) is 8.48. The number of hydrogen-bond donors (Lipinski definition) is 2. The Bertz CT molecular complexity index is 424. The van der Waals surface area contributed by atoms with E-state index in [-0.39, 0.29) is 6.04 Å². The van der Waals surface area contributed by atoms with Crippen LogP contribution in [0.5, 0.6) is 0 Å². The summed E-state index contributed by atoms with van der Waals surface area (Å²) in [5, 5.41) is 7.39. The zero-order chi connectivity index (χ0) is 11.4. The number of nitrogens with two attached hydrogens (primary N) is 1. The second-order valence-corrected chi connectivity index (χ2v) is 4.63. The Morgan fingerprint density at radius 1 is 1.38 bits per heavy atom. The third-order valence-electron chi connectivity index (χ3n) is 2.30. The Morgan fingerprint density at radius 2 is 2.12 bits per heavy atom. The molecule has 0 fully saturated rings. The quantitative estimate of drug-likeness (QED) is 0.793. The van der Waals surface area contributed by atoms with Crippen molar-refractivity contribution >= 4 is 11.8 Å². The van der Waals surface area contributed by atoms with Crippen molar-refractivity contribution in [2.45, 2.75) is 18.1 Å². The SMILES string of the molecule is Cc1ccc(C(N)CSc2ncn[nH]2)cc1. The van der Waals surface area contributed by atoms with Gasteiger partial charge in [-0.15, -0.1) is 0 Å². The molecule has 2 rings (SSSR count). The van der Waals surface area contributed by atoms with Gasteiger partial charge in [0.05, 0.1) is 0 Å². The van der Waals surface area contributed by atoms with Crippen LogP contribution in [0, 0.1) is 6.92 Å². The fourth-order valence-corrected chi connectivity index (χ4v) is 2.11. The first-order chi connectivity index (χ1) is 7.75. The average Bonchev–Trinajstić information content (AvgIpc) is 2.80. The van der Waals surface area contributed by atoms with E-state index in [1.54, 1.807) is 11.8 Å². The average molecular weight is 234 g/mol. The molecule has 0 radical (unpaired) electrons. The number of benzene rings is 1. The highest BCUT2D eigenvalue weighted by Crippen LogP contribution is 2.20. The van der Waals surface area contributed by atoms with Crippen molar-refractivity contribution in [3.8, 4) is 0 Å². The summed E-state index contributed by atoms with van der Waals surface area (Å²) >= 11 is 1.58. The van der Waals surface area contributed by atoms with Gasteiger partial charge in [0, 0.05) is 11.8 Å². The number of aromatic amines is 1. The van der Waals surface area contributed by atoms with Crippen molar-refractivity contribution in [1.82, 2.24) is 15.2 Å². The Morgan fingerprint density at radius 3 is 2.75 bits per heavy atom. The molecule has 4 nitrogen and oxygen atoms in total. The van der Waals surface area contributed by atoms with Crippen LogP contribution in [0.4, 0.5) is 0 Å². The molecule has 84 valence electrons. The molecule has 5 heteroatoms. The smallest absolute Gasteiger partial charge is 0.183 e. The molecule has 0 spiro atoms. The van der Waals surface area contributed by atoms with Gasteiger partial charge in [-0.1, -0.05) is 41.6 Å². The lowest BCUT2D eigenvalue weighted by Gasteiger charge is -2.10. The number of H-pyrrole nitrogens is 1. The molecule has 0 saturated heterocycles. The maximum absolute atomic E-state index is 6.08. The normalized spacial score (nSPS) is 12.6. The Hall–Kier alpha value is -1.33. The molecule has 3 N–H and O–H groups in total. The summed E-state index contributed by atoms with van der Waals surface area (Å²) in [6.07, 6.45) is 1.50. The van der Waals surface area contributed by atoms with Crippen molar-refractivity contribution in [3.63, 3.8) is 0 Å². The monoisotopic (exact) mass is 234 g/mol. The van der Waals surface area contributed by atoms with Gasteiger partial charge in [0.2, 0.25) is 0 Å². The molecule has 1 atom stereocenters. The molecule has 0 bridgehead atoms. The van der Waals surface area contributed by atoms with E-state index in [9.17, 15) is 0 Å². The summed E-state index contributed by atoms with van der Waals surface area (Å²) in [6.45, 7) is 2.07. The predicted molar refractivity (Wildman–Crippen MR) is 65.2 cm³/mol. The fourth-order valence-electron chi connectivity index (χ4n) is 1.34. The van der Waals surface area contributed by atoms with Crippen LogP contribution in [0.1, 0.15) is 17.2 Å². The van der Waals surface area contributed by atoms with E-state index in [1.807, 2.05) is 0 Å². The molecule has 16 heavy (non-hydrogen) atoms. The predicted octanol–water partition coefficient (Wildman–Crippen LogP) is 1.91. The van der Waals surface area contributed by atoms with Gasteiger partial charge >= 0.3 is 0 Å². The third kappa shape index (κ3) is 2.84. The first-order valence-corrected chi connectivity index (χ1v) is 6.04. The molecule has 1 aromatic heterocycles. The molecule has 0 aliphatic rings. The lowest BCUT2D eigenvalue weighted by molar-refractivity contribution is 0.826. The maximum Gasteiger partial charge on any atom is 0.183 e. The maximum atomic E-state index is 6.08. The largest absolute Gasteiger partial charge is 0.323 e. The number of thioether (sulfide) groups is 1. The Balaban J connectivity index is 1.93. The third-order valence-corrected chi connectivity index (χ3v) is 3.29.